The van der Waals surface area contributed by atoms with Crippen molar-refractivity contribution in [3.63, 3.8) is 0 Å². The monoisotopic (exact) mass is 343 g/mol. The molecule has 0 amide bonds. The van der Waals surface area contributed by atoms with Crippen LogP contribution in [0.4, 0.5) is 0 Å². The molecule has 1 nitrogen and oxygen atoms in total. The van der Waals surface area contributed by atoms with Crippen molar-refractivity contribution in [2.45, 2.75) is 0 Å². The number of benzene rings is 5. The Morgan fingerprint density at radius 3 is 1.59 bits per heavy atom. The molecule has 0 unspecified atom stereocenters. The van der Waals surface area contributed by atoms with Crippen LogP contribution < -0.4 is 0 Å². The lowest BCUT2D eigenvalue weighted by Crippen LogP contribution is -1.93. The molecule has 1 heterocycles. The first-order valence-corrected chi connectivity index (χ1v) is 9.30. The summed E-state index contributed by atoms with van der Waals surface area (Å²) in [6.07, 6.45) is 0. The Morgan fingerprint density at radius 1 is 0.407 bits per heavy atom. The van der Waals surface area contributed by atoms with Gasteiger partial charge in [-0.2, -0.15) is 0 Å². The van der Waals surface area contributed by atoms with Gasteiger partial charge in [-0.25, -0.2) is 0 Å². The predicted molar refractivity (Wildman–Crippen MR) is 116 cm³/mol. The second-order valence-electron chi connectivity index (χ2n) is 7.10. The molecule has 1 heteroatoms. The molecule has 0 atom stereocenters. The summed E-state index contributed by atoms with van der Waals surface area (Å²) >= 11 is 0. The second kappa shape index (κ2) is 5.46. The maximum Gasteiger partial charge on any atom is 0.0541 e. The highest BCUT2D eigenvalue weighted by Crippen LogP contribution is 2.33. The minimum Gasteiger partial charge on any atom is -0.309 e. The van der Waals surface area contributed by atoms with Crippen LogP contribution in [0, 0.1) is 0 Å². The fourth-order valence-electron chi connectivity index (χ4n) is 4.27. The summed E-state index contributed by atoms with van der Waals surface area (Å²) in [5, 5.41) is 7.71. The van der Waals surface area contributed by atoms with E-state index in [0.29, 0.717) is 0 Å². The number of rotatable bonds is 1. The van der Waals surface area contributed by atoms with Crippen LogP contribution in [-0.4, -0.2) is 4.57 Å². The molecule has 0 saturated heterocycles. The van der Waals surface area contributed by atoms with Crippen LogP contribution in [0.25, 0.3) is 49.0 Å². The van der Waals surface area contributed by atoms with Gasteiger partial charge < -0.3 is 4.57 Å². The summed E-state index contributed by atoms with van der Waals surface area (Å²) in [6, 6.07) is 37.2. The lowest BCUT2D eigenvalue weighted by atomic mass is 10.0. The van der Waals surface area contributed by atoms with Crippen molar-refractivity contribution in [1.82, 2.24) is 4.57 Å². The standard InChI is InChI=1S/C26H17N/c1-2-8-19-16-21-17-22(14-13-20(21)15-18(19)7-1)27-25-11-5-3-9-23(25)24-10-4-6-12-26(24)27/h1-17H. The minimum absolute atomic E-state index is 1.20. The first-order chi connectivity index (χ1) is 13.4. The molecule has 0 aliphatic carbocycles. The fourth-order valence-corrected chi connectivity index (χ4v) is 4.27. The van der Waals surface area contributed by atoms with Gasteiger partial charge in [-0.05, 0) is 57.9 Å². The fraction of sp³-hybridized carbons (Fsp3) is 0. The van der Waals surface area contributed by atoms with E-state index in [0.717, 1.165) is 0 Å². The first-order valence-electron chi connectivity index (χ1n) is 9.30. The molecule has 0 aliphatic rings. The lowest BCUT2D eigenvalue weighted by molar-refractivity contribution is 1.19. The van der Waals surface area contributed by atoms with Gasteiger partial charge in [0, 0.05) is 16.5 Å². The van der Waals surface area contributed by atoms with Crippen molar-refractivity contribution < 1.29 is 0 Å². The van der Waals surface area contributed by atoms with Gasteiger partial charge in [-0.1, -0.05) is 66.7 Å². The van der Waals surface area contributed by atoms with Gasteiger partial charge in [0.2, 0.25) is 0 Å². The van der Waals surface area contributed by atoms with Crippen LogP contribution in [0.2, 0.25) is 0 Å². The molecular formula is C26H17N. The number of fused-ring (bicyclic) bond motifs is 5. The van der Waals surface area contributed by atoms with Gasteiger partial charge in [0.25, 0.3) is 0 Å². The van der Waals surface area contributed by atoms with Gasteiger partial charge in [-0.3, -0.25) is 0 Å². The highest BCUT2D eigenvalue weighted by atomic mass is 15.0. The molecule has 126 valence electrons. The molecule has 0 saturated carbocycles. The summed E-state index contributed by atoms with van der Waals surface area (Å²) in [7, 11) is 0. The molecule has 6 rings (SSSR count). The summed E-state index contributed by atoms with van der Waals surface area (Å²) in [6.45, 7) is 0. The topological polar surface area (TPSA) is 4.93 Å². The summed E-state index contributed by atoms with van der Waals surface area (Å²) < 4.78 is 2.37. The maximum absolute atomic E-state index is 2.37. The Bertz CT molecular complexity index is 1420. The quantitative estimate of drug-likeness (QED) is 0.281. The van der Waals surface area contributed by atoms with Crippen molar-refractivity contribution in [2.24, 2.45) is 0 Å². The molecule has 27 heavy (non-hydrogen) atoms. The Labute approximate surface area is 157 Å². The number of hydrogen-bond donors (Lipinski definition) is 0. The zero-order valence-corrected chi connectivity index (χ0v) is 14.8. The van der Waals surface area contributed by atoms with Crippen LogP contribution in [0.5, 0.6) is 0 Å². The van der Waals surface area contributed by atoms with E-state index in [1.807, 2.05) is 0 Å². The molecule has 0 N–H and O–H groups in total. The Morgan fingerprint density at radius 2 is 0.926 bits per heavy atom. The molecule has 5 aromatic carbocycles. The number of hydrogen-bond acceptors (Lipinski definition) is 0. The zero-order valence-electron chi connectivity index (χ0n) is 14.8. The van der Waals surface area contributed by atoms with Crippen LogP contribution in [0.15, 0.2) is 103 Å². The van der Waals surface area contributed by atoms with E-state index in [9.17, 15) is 0 Å². The van der Waals surface area contributed by atoms with Crippen LogP contribution in [-0.2, 0) is 0 Å². The molecule has 0 aliphatic heterocycles. The van der Waals surface area contributed by atoms with Crippen molar-refractivity contribution in [3.05, 3.63) is 103 Å². The van der Waals surface area contributed by atoms with Crippen LogP contribution in [0.1, 0.15) is 0 Å². The van der Waals surface area contributed by atoms with Gasteiger partial charge in [-0.15, -0.1) is 0 Å². The van der Waals surface area contributed by atoms with Crippen molar-refractivity contribution in [3.8, 4) is 5.69 Å². The Hall–Kier alpha value is -3.58. The zero-order chi connectivity index (χ0) is 17.8. The van der Waals surface area contributed by atoms with Gasteiger partial charge >= 0.3 is 0 Å². The van der Waals surface area contributed by atoms with E-state index in [2.05, 4.69) is 108 Å². The number of aromatic nitrogens is 1. The van der Waals surface area contributed by atoms with Crippen molar-refractivity contribution >= 4 is 43.4 Å². The third-order valence-corrected chi connectivity index (χ3v) is 5.53. The average molecular weight is 343 g/mol. The average Bonchev–Trinajstić information content (AvgIpc) is 3.06. The second-order valence-corrected chi connectivity index (χ2v) is 7.10. The largest absolute Gasteiger partial charge is 0.309 e. The van der Waals surface area contributed by atoms with E-state index >= 15 is 0 Å². The SMILES string of the molecule is c1ccc2cc3cc(-n4c5ccccc5c5ccccc54)ccc3cc2c1. The van der Waals surface area contributed by atoms with Gasteiger partial charge in [0.05, 0.1) is 11.0 Å². The highest BCUT2D eigenvalue weighted by molar-refractivity contribution is 6.09. The Balaban J connectivity index is 1.70. The molecule has 0 radical (unpaired) electrons. The predicted octanol–water partition coefficient (Wildman–Crippen LogP) is 7.09. The smallest absolute Gasteiger partial charge is 0.0541 e. The summed E-state index contributed by atoms with van der Waals surface area (Å²) in [5.41, 5.74) is 3.70. The van der Waals surface area contributed by atoms with E-state index in [1.165, 1.54) is 49.0 Å². The molecule has 0 bridgehead atoms. The first kappa shape index (κ1) is 14.6. The van der Waals surface area contributed by atoms with E-state index in [1.54, 1.807) is 0 Å². The van der Waals surface area contributed by atoms with Crippen LogP contribution >= 0.6 is 0 Å². The van der Waals surface area contributed by atoms with Gasteiger partial charge in [0.1, 0.15) is 0 Å². The van der Waals surface area contributed by atoms with Crippen molar-refractivity contribution in [1.29, 1.82) is 0 Å². The molecular weight excluding hydrogens is 326 g/mol. The molecule has 0 spiro atoms. The maximum atomic E-state index is 2.37. The Kier molecular flexibility index (Phi) is 2.95. The number of nitrogens with zero attached hydrogens (tertiary/aromatic N) is 1. The summed E-state index contributed by atoms with van der Waals surface area (Å²) in [5.74, 6) is 0. The molecule has 6 aromatic rings. The normalized spacial score (nSPS) is 11.7. The third kappa shape index (κ3) is 2.12. The summed E-state index contributed by atoms with van der Waals surface area (Å²) in [4.78, 5) is 0. The van der Waals surface area contributed by atoms with Crippen LogP contribution in [0.3, 0.4) is 0 Å². The van der Waals surface area contributed by atoms with E-state index in [4.69, 9.17) is 0 Å². The van der Waals surface area contributed by atoms with E-state index < -0.39 is 0 Å². The minimum atomic E-state index is 1.20. The van der Waals surface area contributed by atoms with E-state index in [-0.39, 0.29) is 0 Å². The third-order valence-electron chi connectivity index (χ3n) is 5.53. The lowest BCUT2D eigenvalue weighted by Gasteiger charge is -2.10. The molecule has 0 fully saturated rings. The highest BCUT2D eigenvalue weighted by Gasteiger charge is 2.11. The van der Waals surface area contributed by atoms with Crippen molar-refractivity contribution in [2.75, 3.05) is 0 Å². The van der Waals surface area contributed by atoms with Gasteiger partial charge in [0.15, 0.2) is 0 Å². The molecule has 1 aromatic heterocycles. The number of para-hydroxylation sites is 2.